The van der Waals surface area contributed by atoms with Gasteiger partial charge in [0.25, 0.3) is 11.8 Å². The summed E-state index contributed by atoms with van der Waals surface area (Å²) in [5.41, 5.74) is 6.81. The van der Waals surface area contributed by atoms with Gasteiger partial charge in [0.1, 0.15) is 0 Å². The molecule has 0 bridgehead atoms. The van der Waals surface area contributed by atoms with Gasteiger partial charge >= 0.3 is 0 Å². The standard InChI is InChI=1S/C13H16N2O2/c1-3-11(8(2)14)15-12(16)9-6-4-5-7-10(9)13(15)17/h4-8,11H,3,14H2,1-2H3/t8-,11+/m0/s1. The molecule has 1 heterocycles. The van der Waals surface area contributed by atoms with Crippen LogP contribution >= 0.6 is 0 Å². The Morgan fingerprint density at radius 1 is 1.18 bits per heavy atom. The second-order valence-electron chi connectivity index (χ2n) is 4.36. The molecule has 2 atom stereocenters. The molecule has 0 saturated heterocycles. The molecule has 2 rings (SSSR count). The fourth-order valence-corrected chi connectivity index (χ4v) is 2.30. The van der Waals surface area contributed by atoms with Gasteiger partial charge in [0, 0.05) is 6.04 Å². The van der Waals surface area contributed by atoms with Crippen molar-refractivity contribution in [1.82, 2.24) is 4.90 Å². The molecule has 2 amide bonds. The van der Waals surface area contributed by atoms with E-state index < -0.39 is 0 Å². The molecule has 1 aromatic rings. The molecule has 1 aliphatic heterocycles. The first-order chi connectivity index (χ1) is 8.07. The Balaban J connectivity index is 2.42. The maximum atomic E-state index is 12.2. The van der Waals surface area contributed by atoms with Crippen molar-refractivity contribution < 1.29 is 9.59 Å². The van der Waals surface area contributed by atoms with Crippen LogP contribution in [0.15, 0.2) is 24.3 Å². The van der Waals surface area contributed by atoms with E-state index in [1.54, 1.807) is 24.3 Å². The van der Waals surface area contributed by atoms with Crippen LogP contribution < -0.4 is 5.73 Å². The highest BCUT2D eigenvalue weighted by molar-refractivity contribution is 6.21. The summed E-state index contributed by atoms with van der Waals surface area (Å²) in [6, 6.07) is 6.44. The van der Waals surface area contributed by atoms with Crippen LogP contribution in [0.5, 0.6) is 0 Å². The molecule has 0 spiro atoms. The van der Waals surface area contributed by atoms with Crippen molar-refractivity contribution in [3.63, 3.8) is 0 Å². The van der Waals surface area contributed by atoms with Crippen molar-refractivity contribution in [1.29, 1.82) is 0 Å². The normalized spacial score (nSPS) is 18.2. The summed E-state index contributed by atoms with van der Waals surface area (Å²) in [4.78, 5) is 25.6. The summed E-state index contributed by atoms with van der Waals surface area (Å²) in [7, 11) is 0. The van der Waals surface area contributed by atoms with Crippen molar-refractivity contribution in [2.24, 2.45) is 5.73 Å². The van der Waals surface area contributed by atoms with Gasteiger partial charge in [0.2, 0.25) is 0 Å². The third-order valence-corrected chi connectivity index (χ3v) is 3.18. The van der Waals surface area contributed by atoms with Gasteiger partial charge in [-0.1, -0.05) is 19.1 Å². The number of fused-ring (bicyclic) bond motifs is 1. The summed E-state index contributed by atoms with van der Waals surface area (Å²) in [6.45, 7) is 3.75. The van der Waals surface area contributed by atoms with E-state index in [1.165, 1.54) is 4.90 Å². The summed E-state index contributed by atoms with van der Waals surface area (Å²) in [5.74, 6) is -0.454. The molecule has 1 aromatic carbocycles. The molecule has 0 radical (unpaired) electrons. The van der Waals surface area contributed by atoms with Crippen LogP contribution in [0.25, 0.3) is 0 Å². The first-order valence-electron chi connectivity index (χ1n) is 5.80. The number of amides is 2. The highest BCUT2D eigenvalue weighted by atomic mass is 16.2. The Bertz CT molecular complexity index is 433. The number of imide groups is 1. The lowest BCUT2D eigenvalue weighted by atomic mass is 10.1. The van der Waals surface area contributed by atoms with Gasteiger partial charge in [0.05, 0.1) is 17.2 Å². The molecule has 0 unspecified atom stereocenters. The Kier molecular flexibility index (Phi) is 2.98. The zero-order chi connectivity index (χ0) is 12.6. The average Bonchev–Trinajstić information content (AvgIpc) is 2.56. The largest absolute Gasteiger partial charge is 0.326 e. The molecular weight excluding hydrogens is 216 g/mol. The number of hydrogen-bond acceptors (Lipinski definition) is 3. The maximum absolute atomic E-state index is 12.2. The van der Waals surface area contributed by atoms with E-state index in [1.807, 2.05) is 13.8 Å². The van der Waals surface area contributed by atoms with E-state index in [9.17, 15) is 9.59 Å². The lowest BCUT2D eigenvalue weighted by Crippen LogP contribution is -2.48. The number of nitrogens with zero attached hydrogens (tertiary/aromatic N) is 1. The van der Waals surface area contributed by atoms with Gasteiger partial charge in [-0.15, -0.1) is 0 Å². The van der Waals surface area contributed by atoms with Crippen LogP contribution in [-0.2, 0) is 0 Å². The van der Waals surface area contributed by atoms with Crippen molar-refractivity contribution in [2.75, 3.05) is 0 Å². The van der Waals surface area contributed by atoms with Gasteiger partial charge in [-0.2, -0.15) is 0 Å². The fourth-order valence-electron chi connectivity index (χ4n) is 2.30. The predicted molar refractivity (Wildman–Crippen MR) is 64.7 cm³/mol. The number of hydrogen-bond donors (Lipinski definition) is 1. The molecule has 4 heteroatoms. The van der Waals surface area contributed by atoms with Gasteiger partial charge in [-0.3, -0.25) is 14.5 Å². The minimum Gasteiger partial charge on any atom is -0.326 e. The van der Waals surface area contributed by atoms with Crippen LogP contribution in [0.1, 0.15) is 41.0 Å². The highest BCUT2D eigenvalue weighted by Crippen LogP contribution is 2.26. The highest BCUT2D eigenvalue weighted by Gasteiger charge is 2.40. The second-order valence-corrected chi connectivity index (χ2v) is 4.36. The molecule has 0 fully saturated rings. The topological polar surface area (TPSA) is 63.4 Å². The van der Waals surface area contributed by atoms with Gasteiger partial charge in [0.15, 0.2) is 0 Å². The third kappa shape index (κ3) is 1.74. The molecular formula is C13H16N2O2. The summed E-state index contributed by atoms with van der Waals surface area (Å²) < 4.78 is 0. The minimum absolute atomic E-state index is 0.220. The first-order valence-corrected chi connectivity index (χ1v) is 5.80. The summed E-state index contributed by atoms with van der Waals surface area (Å²) in [5, 5.41) is 0. The Morgan fingerprint density at radius 3 is 2.00 bits per heavy atom. The first kappa shape index (κ1) is 11.8. The molecule has 0 aliphatic carbocycles. The van der Waals surface area contributed by atoms with E-state index in [2.05, 4.69) is 0 Å². The summed E-state index contributed by atoms with van der Waals surface area (Å²) >= 11 is 0. The zero-order valence-electron chi connectivity index (χ0n) is 10.0. The van der Waals surface area contributed by atoms with Crippen molar-refractivity contribution in [2.45, 2.75) is 32.4 Å². The van der Waals surface area contributed by atoms with Crippen molar-refractivity contribution in [3.8, 4) is 0 Å². The number of nitrogens with two attached hydrogens (primary N) is 1. The van der Waals surface area contributed by atoms with Crippen LogP contribution in [0.2, 0.25) is 0 Å². The Morgan fingerprint density at radius 2 is 1.65 bits per heavy atom. The van der Waals surface area contributed by atoms with E-state index in [-0.39, 0.29) is 23.9 Å². The lowest BCUT2D eigenvalue weighted by molar-refractivity contribution is 0.0560. The molecule has 17 heavy (non-hydrogen) atoms. The lowest BCUT2D eigenvalue weighted by Gasteiger charge is -2.28. The van der Waals surface area contributed by atoms with E-state index in [0.717, 1.165) is 0 Å². The quantitative estimate of drug-likeness (QED) is 0.801. The van der Waals surface area contributed by atoms with Gasteiger partial charge in [-0.25, -0.2) is 0 Å². The number of benzene rings is 1. The van der Waals surface area contributed by atoms with Gasteiger partial charge in [-0.05, 0) is 25.5 Å². The van der Waals surface area contributed by atoms with E-state index in [0.29, 0.717) is 17.5 Å². The Hall–Kier alpha value is -1.68. The van der Waals surface area contributed by atoms with E-state index in [4.69, 9.17) is 5.73 Å². The second kappa shape index (κ2) is 4.30. The van der Waals surface area contributed by atoms with Crippen molar-refractivity contribution >= 4 is 11.8 Å². The van der Waals surface area contributed by atoms with Crippen LogP contribution in [0.4, 0.5) is 0 Å². The SMILES string of the molecule is CC[C@H]([C@H](C)N)N1C(=O)c2ccccc2C1=O. The molecule has 0 saturated carbocycles. The van der Waals surface area contributed by atoms with Crippen LogP contribution in [-0.4, -0.2) is 28.8 Å². The molecule has 1 aliphatic rings. The average molecular weight is 232 g/mol. The monoisotopic (exact) mass is 232 g/mol. The zero-order valence-corrected chi connectivity index (χ0v) is 10.0. The number of rotatable bonds is 3. The molecule has 2 N–H and O–H groups in total. The molecule has 0 aromatic heterocycles. The molecule has 90 valence electrons. The number of carbonyl (C=O) groups excluding carboxylic acids is 2. The third-order valence-electron chi connectivity index (χ3n) is 3.18. The number of carbonyl (C=O) groups is 2. The predicted octanol–water partition coefficient (Wildman–Crippen LogP) is 1.41. The molecule has 4 nitrogen and oxygen atoms in total. The van der Waals surface area contributed by atoms with Gasteiger partial charge < -0.3 is 5.73 Å². The maximum Gasteiger partial charge on any atom is 0.261 e. The summed E-state index contributed by atoms with van der Waals surface area (Å²) in [6.07, 6.45) is 0.670. The van der Waals surface area contributed by atoms with Crippen LogP contribution in [0, 0.1) is 0 Å². The minimum atomic E-state index is -0.234. The van der Waals surface area contributed by atoms with Crippen LogP contribution in [0.3, 0.4) is 0 Å². The van der Waals surface area contributed by atoms with E-state index >= 15 is 0 Å². The Labute approximate surface area is 100 Å². The fraction of sp³-hybridized carbons (Fsp3) is 0.385. The smallest absolute Gasteiger partial charge is 0.261 e. The van der Waals surface area contributed by atoms with Crippen molar-refractivity contribution in [3.05, 3.63) is 35.4 Å².